The topological polar surface area (TPSA) is 307 Å². The molecule has 8 aliphatic carbocycles. The van der Waals surface area contributed by atoms with Crippen LogP contribution in [0.2, 0.25) is 0 Å². The number of benzene rings is 4. The van der Waals surface area contributed by atoms with Gasteiger partial charge in [0.15, 0.2) is 0 Å². The van der Waals surface area contributed by atoms with Crippen molar-refractivity contribution in [3.8, 4) is 0 Å². The average Bonchev–Trinajstić information content (AvgIpc) is 1.60. The first-order valence-corrected chi connectivity index (χ1v) is 45.5. The molecule has 33 heteroatoms. The summed E-state index contributed by atoms with van der Waals surface area (Å²) in [6, 6.07) is 43.0. The molecule has 0 radical (unpaired) electrons. The first-order valence-electron chi connectivity index (χ1n) is 43.3. The number of allylic oxidation sites excluding steroid dienone is 3. The molecule has 0 spiro atoms. The van der Waals surface area contributed by atoms with E-state index in [1.807, 2.05) is 57.3 Å². The molecule has 1 aliphatic heterocycles. The van der Waals surface area contributed by atoms with E-state index in [2.05, 4.69) is 134 Å². The zero-order chi connectivity index (χ0) is 92.6. The molecule has 1 saturated heterocycles. The molecule has 5 fully saturated rings. The third kappa shape index (κ3) is 20.8. The minimum absolute atomic E-state index is 0.156. The summed E-state index contributed by atoms with van der Waals surface area (Å²) in [6.07, 6.45) is 24.4. The van der Waals surface area contributed by atoms with Crippen molar-refractivity contribution in [3.05, 3.63) is 347 Å². The normalized spacial score (nSPS) is 18.2. The van der Waals surface area contributed by atoms with Crippen LogP contribution in [0.5, 0.6) is 0 Å². The van der Waals surface area contributed by atoms with Crippen LogP contribution in [0.1, 0.15) is 255 Å². The Morgan fingerprint density at radius 1 is 0.435 bits per heavy atom. The fourth-order valence-corrected chi connectivity index (χ4v) is 17.3. The highest BCUT2D eigenvalue weighted by Crippen LogP contribution is 2.51. The summed E-state index contributed by atoms with van der Waals surface area (Å²) >= 11 is 3.21. The monoisotopic (exact) mass is 1860 g/mol. The Kier molecular flexibility index (Phi) is 26.0. The molecular weight excluding hydrogens is 1770 g/mol. The lowest BCUT2D eigenvalue weighted by Crippen LogP contribution is -2.41. The molecule has 4 aromatic carbocycles. The number of aryl methyl sites for hydroxylation is 7. The lowest BCUT2D eigenvalue weighted by Gasteiger charge is -2.32. The van der Waals surface area contributed by atoms with E-state index in [0.29, 0.717) is 47.3 Å². The Morgan fingerprint density at radius 3 is 1.22 bits per heavy atom. The van der Waals surface area contributed by atoms with Gasteiger partial charge in [0.25, 0.3) is 23.6 Å². The van der Waals surface area contributed by atoms with Crippen LogP contribution < -0.4 is 21.3 Å². The number of nitrogens with one attached hydrogen (secondary N) is 4. The van der Waals surface area contributed by atoms with Gasteiger partial charge >= 0.3 is 22.7 Å². The van der Waals surface area contributed by atoms with Gasteiger partial charge in [-0.1, -0.05) is 30.4 Å². The van der Waals surface area contributed by atoms with Crippen molar-refractivity contribution in [2.45, 2.75) is 202 Å². The van der Waals surface area contributed by atoms with Crippen LogP contribution >= 0.6 is 15.9 Å². The van der Waals surface area contributed by atoms with Crippen LogP contribution in [0.4, 0.5) is 30.7 Å². The largest absolute Gasteiger partial charge is 0.534 e. The summed E-state index contributed by atoms with van der Waals surface area (Å²) in [7, 11) is -6.21. The van der Waals surface area contributed by atoms with Crippen molar-refractivity contribution in [1.82, 2.24) is 71.1 Å². The quantitative estimate of drug-likeness (QED) is 0.0216. The van der Waals surface area contributed by atoms with Gasteiger partial charge in [0, 0.05) is 80.5 Å². The predicted molar refractivity (Wildman–Crippen MR) is 479 cm³/mol. The van der Waals surface area contributed by atoms with Crippen molar-refractivity contribution >= 4 is 73.6 Å². The van der Waals surface area contributed by atoms with E-state index in [0.717, 1.165) is 173 Å². The number of carbonyl (C=O) groups is 4. The Hall–Kier alpha value is -12.5. The van der Waals surface area contributed by atoms with Gasteiger partial charge in [-0.2, -0.15) is 21.6 Å². The number of hydrogen-bond acceptors (Lipinski definition) is 19. The number of rotatable bonds is 17. The molecule has 20 rings (SSSR count). The molecule has 23 nitrogen and oxygen atoms in total. The number of pyridine rings is 4. The average molecular weight is 1870 g/mol. The molecule has 4 N–H and O–H groups in total. The van der Waals surface area contributed by atoms with Crippen molar-refractivity contribution in [2.75, 3.05) is 0 Å². The highest BCUT2D eigenvalue weighted by atomic mass is 79.9. The molecule has 4 saturated carbocycles. The van der Waals surface area contributed by atoms with Crippen LogP contribution in [0.3, 0.4) is 0 Å². The van der Waals surface area contributed by atoms with Crippen LogP contribution in [-0.4, -0.2) is 106 Å². The van der Waals surface area contributed by atoms with E-state index in [9.17, 15) is 58.3 Å². The Balaban J connectivity index is 0.000000124. The van der Waals surface area contributed by atoms with Gasteiger partial charge in [0.05, 0.1) is 73.2 Å². The van der Waals surface area contributed by atoms with E-state index >= 15 is 0 Å². The fourth-order valence-electron chi connectivity index (χ4n) is 16.5. The Morgan fingerprint density at radius 2 is 0.809 bits per heavy atom. The molecule has 1 atom stereocenters. The van der Waals surface area contributed by atoms with E-state index in [1.54, 1.807) is 18.5 Å². The van der Waals surface area contributed by atoms with Gasteiger partial charge in [0.2, 0.25) is 0 Å². The van der Waals surface area contributed by atoms with Crippen molar-refractivity contribution in [2.24, 2.45) is 0 Å². The van der Waals surface area contributed by atoms with E-state index in [1.165, 1.54) is 121 Å². The first-order chi connectivity index (χ1) is 62.5. The number of amides is 4. The van der Waals surface area contributed by atoms with Crippen molar-refractivity contribution in [1.29, 1.82) is 0 Å². The standard InChI is InChI=1S/C25H28BFN2O3.C24H23FN4O.C24H21FN4O.C20H16F4N2O4S.C5H5BrN2/c1-23(2)24(3,4)32-26(31-23)19-6-5-7-20-18(19)12-13-21(28-20)25(14-15-25)29-22(30)16-8-10-17(27)11-9-16;2*1-15-26-14-11-21(27-15)18-3-2-4-20-19(18)9-10-22(28-20)24(12-13-24)29-23(30)16-5-7-17(25)8-6-16;21-13-6-4-12(5-7-13)18(27)26-19(10-11-19)17-9-8-14-15(25-17)2-1-3-16(14)30-31(28,29)20(22,23)24;1-4-7-3-2-5(6)8-4/h6,8-13H,5,7,14-15H2,1-4H3,(H,29,30);5-11,14,18H,2-4,12-13H2,1H3,(H,29,30);3,5-11,14H,2,4,12-13H2,1H3,(H,29,30);3-9H,1-2,10-11H2,(H,26,27);2-3H,1H3. The summed E-state index contributed by atoms with van der Waals surface area (Å²) in [5.41, 5.74) is 7.56. The number of carbonyl (C=O) groups excluding carboxylic acids is 4. The SMILES string of the molecule is CC1(C)OB(C2=CCCc3nc(C4(NC(=O)c5ccc(F)cc5)CC4)ccc32)OC1(C)C.Cc1nccc(Br)n1.Cc1nccc(C2=CCCc3nc(C4(NC(=O)c5ccc(F)cc5)CC4)ccc32)n1.Cc1nccc(C2CCCc3nc(C4(NC(=O)c5ccc(F)cc5)CC4)ccc32)n1.O=C(NC1(c2ccc3c(n2)CCC=C3OS(=O)(=O)C(F)(F)F)CC1)c1ccc(F)cc1. The molecule has 1 unspecified atom stereocenters. The molecule has 674 valence electrons. The smallest absolute Gasteiger partial charge is 0.399 e. The first kappa shape index (κ1) is 91.8. The highest BCUT2D eigenvalue weighted by molar-refractivity contribution is 9.10. The lowest BCUT2D eigenvalue weighted by atomic mass is 9.70. The van der Waals surface area contributed by atoms with E-state index < -0.39 is 73.6 Å². The summed E-state index contributed by atoms with van der Waals surface area (Å²) in [5, 5.41) is 12.3. The number of nitrogens with zero attached hydrogens (tertiary/aromatic N) is 10. The molecule has 4 amide bonds. The molecule has 7 aromatic heterocycles. The summed E-state index contributed by atoms with van der Waals surface area (Å²) < 4.78 is 131. The van der Waals surface area contributed by atoms with Crippen molar-refractivity contribution < 1.29 is 71.8 Å². The number of halogens is 8. The molecule has 9 aliphatic rings. The lowest BCUT2D eigenvalue weighted by molar-refractivity contribution is -0.0509. The fraction of sp³-hybridized carbons (Fsp3) is 0.327. The zero-order valence-corrected chi connectivity index (χ0v) is 75.2. The molecule has 11 aromatic rings. The number of hydrogen-bond donors (Lipinski definition) is 4. The summed E-state index contributed by atoms with van der Waals surface area (Å²) in [4.78, 5) is 95.4. The maximum atomic E-state index is 13.2. The highest BCUT2D eigenvalue weighted by Gasteiger charge is 2.55. The molecule has 8 heterocycles. The van der Waals surface area contributed by atoms with E-state index in [4.69, 9.17) is 24.3 Å². The van der Waals surface area contributed by atoms with Gasteiger partial charge < -0.3 is 34.8 Å². The van der Waals surface area contributed by atoms with Gasteiger partial charge in [-0.3, -0.25) is 39.1 Å². The van der Waals surface area contributed by atoms with E-state index in [-0.39, 0.29) is 58.6 Å². The second-order valence-electron chi connectivity index (χ2n) is 34.9. The number of alkyl halides is 3. The van der Waals surface area contributed by atoms with Crippen LogP contribution in [-0.2, 0) is 71.4 Å². The maximum Gasteiger partial charge on any atom is 0.534 e. The minimum atomic E-state index is -5.80. The second kappa shape index (κ2) is 37.1. The Bertz CT molecular complexity index is 6420. The van der Waals surface area contributed by atoms with Crippen LogP contribution in [0, 0.1) is 44.0 Å². The molecule has 131 heavy (non-hydrogen) atoms. The zero-order valence-electron chi connectivity index (χ0n) is 72.8. The van der Waals surface area contributed by atoms with Crippen LogP contribution in [0.15, 0.2) is 205 Å². The van der Waals surface area contributed by atoms with Gasteiger partial charge in [0.1, 0.15) is 51.1 Å². The summed E-state index contributed by atoms with van der Waals surface area (Å²) in [5.74, 6) is -0.405. The third-order valence-corrected chi connectivity index (χ3v) is 26.4. The van der Waals surface area contributed by atoms with Crippen LogP contribution in [0.25, 0.3) is 16.8 Å². The maximum absolute atomic E-state index is 13.2. The van der Waals surface area contributed by atoms with Gasteiger partial charge in [-0.15, -0.1) is 0 Å². The van der Waals surface area contributed by atoms with Gasteiger partial charge in [-0.25, -0.2) is 47.5 Å². The van der Waals surface area contributed by atoms with Crippen molar-refractivity contribution in [3.63, 3.8) is 0 Å². The number of aromatic nitrogens is 10. The minimum Gasteiger partial charge on any atom is -0.399 e. The third-order valence-electron chi connectivity index (χ3n) is 25.0. The second-order valence-corrected chi connectivity index (χ2v) is 37.2. The predicted octanol–water partition coefficient (Wildman–Crippen LogP) is 18.3. The number of fused-ring (bicyclic) bond motifs is 4. The van der Waals surface area contributed by atoms with Gasteiger partial charge in [-0.05, 0) is 342 Å². The molecule has 0 bridgehead atoms. The Labute approximate surface area is 761 Å². The summed E-state index contributed by atoms with van der Waals surface area (Å²) in [6.45, 7) is 13.9. The molecular formula is C98H93BBrF7N14O9S.